The fraction of sp³-hybridized carbons (Fsp3) is 0.577. The highest BCUT2D eigenvalue weighted by molar-refractivity contribution is 5.93. The lowest BCUT2D eigenvalue weighted by molar-refractivity contribution is -0.155. The molecular weight excluding hydrogens is 421 g/mol. The number of carbonyl (C=O) groups is 2. The van der Waals surface area contributed by atoms with Gasteiger partial charge in [0.25, 0.3) is 5.91 Å². The quantitative estimate of drug-likeness (QED) is 0.611. The zero-order valence-corrected chi connectivity index (χ0v) is 19.6. The van der Waals surface area contributed by atoms with E-state index in [0.29, 0.717) is 41.2 Å². The van der Waals surface area contributed by atoms with Gasteiger partial charge in [-0.15, -0.1) is 0 Å². The van der Waals surface area contributed by atoms with Gasteiger partial charge in [-0.2, -0.15) is 5.10 Å². The molecule has 6 nitrogen and oxygen atoms in total. The summed E-state index contributed by atoms with van der Waals surface area (Å²) < 4.78 is 20.7. The lowest BCUT2D eigenvalue weighted by atomic mass is 9.52. The molecule has 0 spiro atoms. The van der Waals surface area contributed by atoms with Crippen molar-refractivity contribution < 1.29 is 18.7 Å². The zero-order chi connectivity index (χ0) is 23.3. The Hall–Kier alpha value is -2.70. The number of carbonyl (C=O) groups excluding carboxylic acids is 2. The molecule has 4 fully saturated rings. The van der Waals surface area contributed by atoms with E-state index in [1.165, 1.54) is 31.4 Å². The van der Waals surface area contributed by atoms with E-state index < -0.39 is 5.97 Å². The average Bonchev–Trinajstić information content (AvgIpc) is 3.01. The molecule has 0 N–H and O–H groups in total. The highest BCUT2D eigenvalue weighted by Gasteiger charge is 2.54. The molecule has 176 valence electrons. The van der Waals surface area contributed by atoms with Crippen molar-refractivity contribution in [1.29, 1.82) is 0 Å². The van der Waals surface area contributed by atoms with Crippen LogP contribution in [0.15, 0.2) is 24.3 Å². The van der Waals surface area contributed by atoms with Crippen molar-refractivity contribution in [2.75, 3.05) is 6.61 Å². The number of aryl methyl sites for hydroxylation is 2. The standard InChI is InChI=1S/C26H32FN3O3/c1-16-24(17(2)29(3)28-16)25(32)33-15-23(31)30(14-18-4-6-22(27)7-5-18)26-11-19-8-20(12-26)10-21(9-19)13-26/h4-7,19-21H,8-15H2,1-3H3. The van der Waals surface area contributed by atoms with Crippen molar-refractivity contribution >= 4 is 11.9 Å². The van der Waals surface area contributed by atoms with Gasteiger partial charge in [0.1, 0.15) is 11.4 Å². The topological polar surface area (TPSA) is 64.4 Å². The number of rotatable bonds is 6. The number of nitrogens with zero attached hydrogens (tertiary/aromatic N) is 3. The van der Waals surface area contributed by atoms with Gasteiger partial charge in [-0.3, -0.25) is 9.48 Å². The molecule has 1 aromatic carbocycles. The van der Waals surface area contributed by atoms with Crippen LogP contribution in [-0.2, 0) is 23.1 Å². The van der Waals surface area contributed by atoms with Crippen LogP contribution in [0.4, 0.5) is 4.39 Å². The van der Waals surface area contributed by atoms with E-state index in [4.69, 9.17) is 4.74 Å². The molecule has 2 aromatic rings. The summed E-state index contributed by atoms with van der Waals surface area (Å²) in [5, 5.41) is 4.27. The highest BCUT2D eigenvalue weighted by atomic mass is 19.1. The lowest BCUT2D eigenvalue weighted by Gasteiger charge is -2.60. The molecule has 4 saturated carbocycles. The van der Waals surface area contributed by atoms with Crippen molar-refractivity contribution in [3.63, 3.8) is 0 Å². The first-order chi connectivity index (χ1) is 15.7. The highest BCUT2D eigenvalue weighted by Crippen LogP contribution is 2.58. The molecule has 4 aliphatic carbocycles. The van der Waals surface area contributed by atoms with E-state index in [1.807, 2.05) is 11.8 Å². The molecule has 33 heavy (non-hydrogen) atoms. The number of esters is 1. The summed E-state index contributed by atoms with van der Waals surface area (Å²) in [4.78, 5) is 28.3. The molecule has 4 aliphatic rings. The number of ether oxygens (including phenoxy) is 1. The van der Waals surface area contributed by atoms with Crippen molar-refractivity contribution in [3.8, 4) is 0 Å². The average molecular weight is 454 g/mol. The first-order valence-corrected chi connectivity index (χ1v) is 12.0. The number of halogens is 1. The molecule has 4 bridgehead atoms. The Labute approximate surface area is 194 Å². The third kappa shape index (κ3) is 4.06. The van der Waals surface area contributed by atoms with Gasteiger partial charge >= 0.3 is 5.97 Å². The van der Waals surface area contributed by atoms with Gasteiger partial charge in [0.05, 0.1) is 5.69 Å². The Balaban J connectivity index is 1.37. The van der Waals surface area contributed by atoms with Gasteiger partial charge in [0.15, 0.2) is 6.61 Å². The summed E-state index contributed by atoms with van der Waals surface area (Å²) in [6.45, 7) is 3.69. The molecule has 6 rings (SSSR count). The number of benzene rings is 1. The SMILES string of the molecule is Cc1nn(C)c(C)c1C(=O)OCC(=O)N(Cc1ccc(F)cc1)C12CC3CC(CC(C3)C1)C2. The Bertz CT molecular complexity index is 1040. The minimum atomic E-state index is -0.515. The van der Waals surface area contributed by atoms with Crippen molar-refractivity contribution in [2.45, 2.75) is 64.5 Å². The fourth-order valence-electron chi connectivity index (χ4n) is 7.03. The van der Waals surface area contributed by atoms with Gasteiger partial charge in [0.2, 0.25) is 0 Å². The predicted molar refractivity (Wildman–Crippen MR) is 121 cm³/mol. The van der Waals surface area contributed by atoms with Crippen LogP contribution in [0, 0.1) is 37.4 Å². The minimum Gasteiger partial charge on any atom is -0.452 e. The summed E-state index contributed by atoms with van der Waals surface area (Å²) in [6.07, 6.45) is 6.85. The van der Waals surface area contributed by atoms with Crippen LogP contribution in [0.25, 0.3) is 0 Å². The summed E-state index contributed by atoms with van der Waals surface area (Å²) >= 11 is 0. The lowest BCUT2D eigenvalue weighted by Crippen LogP contribution is -2.61. The Kier molecular flexibility index (Phi) is 5.53. The monoisotopic (exact) mass is 453 g/mol. The maximum Gasteiger partial charge on any atom is 0.342 e. The third-order valence-corrected chi connectivity index (χ3v) is 8.17. The fourth-order valence-corrected chi connectivity index (χ4v) is 7.03. The molecule has 0 aliphatic heterocycles. The summed E-state index contributed by atoms with van der Waals surface area (Å²) in [7, 11) is 1.78. The van der Waals surface area contributed by atoms with Crippen LogP contribution in [-0.4, -0.2) is 38.7 Å². The van der Waals surface area contributed by atoms with Crippen molar-refractivity contribution in [1.82, 2.24) is 14.7 Å². The van der Waals surface area contributed by atoms with Crippen molar-refractivity contribution in [2.24, 2.45) is 24.8 Å². The van der Waals surface area contributed by atoms with Crippen LogP contribution in [0.2, 0.25) is 0 Å². The van der Waals surface area contributed by atoms with E-state index in [-0.39, 0.29) is 23.9 Å². The second-order valence-corrected chi connectivity index (χ2v) is 10.5. The molecule has 0 radical (unpaired) electrons. The van der Waals surface area contributed by atoms with E-state index >= 15 is 0 Å². The third-order valence-electron chi connectivity index (χ3n) is 8.17. The molecule has 0 atom stereocenters. The van der Waals surface area contributed by atoms with Gasteiger partial charge in [-0.25, -0.2) is 9.18 Å². The summed E-state index contributed by atoms with van der Waals surface area (Å²) in [5.41, 5.74) is 2.44. The summed E-state index contributed by atoms with van der Waals surface area (Å²) in [6, 6.07) is 6.35. The Morgan fingerprint density at radius 3 is 2.18 bits per heavy atom. The van der Waals surface area contributed by atoms with Crippen LogP contribution < -0.4 is 0 Å². The molecule has 0 unspecified atom stereocenters. The normalized spacial score (nSPS) is 27.6. The Morgan fingerprint density at radius 1 is 1.09 bits per heavy atom. The molecule has 0 saturated heterocycles. The van der Waals surface area contributed by atoms with Crippen LogP contribution >= 0.6 is 0 Å². The smallest absolute Gasteiger partial charge is 0.342 e. The van der Waals surface area contributed by atoms with Crippen LogP contribution in [0.5, 0.6) is 0 Å². The maximum absolute atomic E-state index is 13.6. The maximum atomic E-state index is 13.6. The first kappa shape index (κ1) is 22.1. The largest absolute Gasteiger partial charge is 0.452 e. The van der Waals surface area contributed by atoms with Gasteiger partial charge in [-0.1, -0.05) is 12.1 Å². The van der Waals surface area contributed by atoms with Crippen molar-refractivity contribution in [3.05, 3.63) is 52.6 Å². The molecule has 1 amide bonds. The molecule has 1 aromatic heterocycles. The second kappa shape index (κ2) is 8.26. The zero-order valence-electron chi connectivity index (χ0n) is 19.6. The van der Waals surface area contributed by atoms with Gasteiger partial charge in [0, 0.05) is 24.8 Å². The number of hydrogen-bond donors (Lipinski definition) is 0. The van der Waals surface area contributed by atoms with E-state index in [2.05, 4.69) is 5.10 Å². The van der Waals surface area contributed by atoms with E-state index in [1.54, 1.807) is 30.8 Å². The van der Waals surface area contributed by atoms with Crippen LogP contribution in [0.3, 0.4) is 0 Å². The minimum absolute atomic E-state index is 0.172. The number of amides is 1. The van der Waals surface area contributed by atoms with Crippen LogP contribution in [0.1, 0.15) is 65.8 Å². The van der Waals surface area contributed by atoms with Gasteiger partial charge in [-0.05, 0) is 87.8 Å². The summed E-state index contributed by atoms with van der Waals surface area (Å²) in [5.74, 6) is 1.03. The predicted octanol–water partition coefficient (Wildman–Crippen LogP) is 4.33. The molecule has 7 heteroatoms. The first-order valence-electron chi connectivity index (χ1n) is 12.0. The number of hydrogen-bond acceptors (Lipinski definition) is 4. The second-order valence-electron chi connectivity index (χ2n) is 10.5. The molecule has 1 heterocycles. The molecular formula is C26H32FN3O3. The Morgan fingerprint density at radius 2 is 1.67 bits per heavy atom. The van der Waals surface area contributed by atoms with E-state index in [0.717, 1.165) is 24.8 Å². The van der Waals surface area contributed by atoms with Gasteiger partial charge < -0.3 is 9.64 Å². The number of aromatic nitrogens is 2. The van der Waals surface area contributed by atoms with E-state index in [9.17, 15) is 14.0 Å².